The maximum atomic E-state index is 12.4. The molecule has 1 aromatic carbocycles. The standard InChI is InChI=1S/C16H22N2O5S/c1-24(20,21)18-8-2-7-17(9-10-18)16(19)6-4-13-3-5-14-15(11-13)23-12-22-14/h3,5,11H,2,4,6-10,12H2,1H3. The predicted molar refractivity (Wildman–Crippen MR) is 88.5 cm³/mol. The number of fused-ring (bicyclic) bond motifs is 1. The highest BCUT2D eigenvalue weighted by Gasteiger charge is 2.23. The Morgan fingerprint density at radius 1 is 1.12 bits per heavy atom. The highest BCUT2D eigenvalue weighted by molar-refractivity contribution is 7.88. The maximum Gasteiger partial charge on any atom is 0.231 e. The van der Waals surface area contributed by atoms with E-state index < -0.39 is 10.0 Å². The molecule has 0 bridgehead atoms. The average Bonchev–Trinajstić information content (AvgIpc) is 2.84. The zero-order valence-electron chi connectivity index (χ0n) is 13.7. The lowest BCUT2D eigenvalue weighted by Gasteiger charge is -2.21. The molecule has 2 aliphatic heterocycles. The Hall–Kier alpha value is -1.80. The summed E-state index contributed by atoms with van der Waals surface area (Å²) in [6, 6.07) is 5.70. The van der Waals surface area contributed by atoms with Gasteiger partial charge in [0.15, 0.2) is 11.5 Å². The molecule has 0 atom stereocenters. The van der Waals surface area contributed by atoms with Gasteiger partial charge in [-0.05, 0) is 30.5 Å². The molecule has 0 N–H and O–H groups in total. The number of amides is 1. The van der Waals surface area contributed by atoms with E-state index in [-0.39, 0.29) is 12.7 Å². The van der Waals surface area contributed by atoms with Crippen molar-refractivity contribution in [1.82, 2.24) is 9.21 Å². The summed E-state index contributed by atoms with van der Waals surface area (Å²) in [6.45, 7) is 2.14. The summed E-state index contributed by atoms with van der Waals surface area (Å²) >= 11 is 0. The van der Waals surface area contributed by atoms with E-state index in [1.807, 2.05) is 18.2 Å². The number of hydrogen-bond acceptors (Lipinski definition) is 5. The Bertz CT molecular complexity index is 719. The third kappa shape index (κ3) is 3.99. The summed E-state index contributed by atoms with van der Waals surface area (Å²) in [5, 5.41) is 0. The van der Waals surface area contributed by atoms with Crippen LogP contribution in [0.2, 0.25) is 0 Å². The monoisotopic (exact) mass is 354 g/mol. The Morgan fingerprint density at radius 2 is 1.92 bits per heavy atom. The minimum absolute atomic E-state index is 0.0583. The molecule has 8 heteroatoms. The molecule has 2 heterocycles. The molecular formula is C16H22N2O5S. The molecule has 0 saturated carbocycles. The molecule has 1 saturated heterocycles. The lowest BCUT2D eigenvalue weighted by molar-refractivity contribution is -0.131. The molecule has 24 heavy (non-hydrogen) atoms. The van der Waals surface area contributed by atoms with Gasteiger partial charge in [-0.15, -0.1) is 0 Å². The van der Waals surface area contributed by atoms with Crippen molar-refractivity contribution in [2.45, 2.75) is 19.3 Å². The zero-order valence-corrected chi connectivity index (χ0v) is 14.5. The van der Waals surface area contributed by atoms with Crippen molar-refractivity contribution >= 4 is 15.9 Å². The fraction of sp³-hybridized carbons (Fsp3) is 0.562. The molecular weight excluding hydrogens is 332 g/mol. The van der Waals surface area contributed by atoms with E-state index >= 15 is 0 Å². The highest BCUT2D eigenvalue weighted by Crippen LogP contribution is 2.32. The van der Waals surface area contributed by atoms with Crippen molar-refractivity contribution in [3.05, 3.63) is 23.8 Å². The molecule has 0 spiro atoms. The number of ether oxygens (including phenoxy) is 2. The fourth-order valence-corrected chi connectivity index (χ4v) is 3.85. The van der Waals surface area contributed by atoms with Crippen LogP contribution in [0, 0.1) is 0 Å². The number of nitrogens with zero attached hydrogens (tertiary/aromatic N) is 2. The van der Waals surface area contributed by atoms with Crippen LogP contribution in [-0.2, 0) is 21.2 Å². The van der Waals surface area contributed by atoms with Crippen molar-refractivity contribution in [3.63, 3.8) is 0 Å². The average molecular weight is 354 g/mol. The summed E-state index contributed by atoms with van der Waals surface area (Å²) < 4.78 is 35.3. The Kier molecular flexibility index (Phi) is 4.96. The van der Waals surface area contributed by atoms with E-state index in [1.54, 1.807) is 4.90 Å². The highest BCUT2D eigenvalue weighted by atomic mass is 32.2. The van der Waals surface area contributed by atoms with Crippen molar-refractivity contribution < 1.29 is 22.7 Å². The molecule has 0 unspecified atom stereocenters. The first-order chi connectivity index (χ1) is 11.4. The molecule has 1 amide bonds. The van der Waals surface area contributed by atoms with Gasteiger partial charge in [-0.3, -0.25) is 4.79 Å². The summed E-state index contributed by atoms with van der Waals surface area (Å²) in [4.78, 5) is 14.2. The van der Waals surface area contributed by atoms with Crippen LogP contribution < -0.4 is 9.47 Å². The summed E-state index contributed by atoms with van der Waals surface area (Å²) in [7, 11) is -3.19. The van der Waals surface area contributed by atoms with Gasteiger partial charge >= 0.3 is 0 Å². The zero-order chi connectivity index (χ0) is 17.2. The normalized spacial score (nSPS) is 18.5. The van der Waals surface area contributed by atoms with E-state index in [1.165, 1.54) is 10.6 Å². The van der Waals surface area contributed by atoms with E-state index in [0.29, 0.717) is 45.4 Å². The van der Waals surface area contributed by atoms with Gasteiger partial charge in [0, 0.05) is 32.6 Å². The summed E-state index contributed by atoms with van der Waals surface area (Å²) in [5.74, 6) is 1.51. The molecule has 0 radical (unpaired) electrons. The number of rotatable bonds is 4. The number of sulfonamides is 1. The minimum Gasteiger partial charge on any atom is -0.454 e. The maximum absolute atomic E-state index is 12.4. The number of carbonyl (C=O) groups is 1. The number of carbonyl (C=O) groups excluding carboxylic acids is 1. The summed E-state index contributed by atoms with van der Waals surface area (Å²) in [6.07, 6.45) is 2.91. The van der Waals surface area contributed by atoms with E-state index in [9.17, 15) is 13.2 Å². The first kappa shape index (κ1) is 17.0. The van der Waals surface area contributed by atoms with Crippen molar-refractivity contribution in [2.24, 2.45) is 0 Å². The lowest BCUT2D eigenvalue weighted by Crippen LogP contribution is -2.37. The number of aryl methyl sites for hydroxylation is 1. The van der Waals surface area contributed by atoms with Gasteiger partial charge in [-0.1, -0.05) is 6.07 Å². The first-order valence-corrected chi connectivity index (χ1v) is 9.90. The Labute approximate surface area is 142 Å². The van der Waals surface area contributed by atoms with E-state index in [2.05, 4.69) is 0 Å². The van der Waals surface area contributed by atoms with Crippen LogP contribution in [0.1, 0.15) is 18.4 Å². The quantitative estimate of drug-likeness (QED) is 0.801. The van der Waals surface area contributed by atoms with Crippen LogP contribution in [0.15, 0.2) is 18.2 Å². The summed E-state index contributed by atoms with van der Waals surface area (Å²) in [5.41, 5.74) is 1.03. The number of benzene rings is 1. The largest absolute Gasteiger partial charge is 0.454 e. The van der Waals surface area contributed by atoms with Crippen LogP contribution in [0.3, 0.4) is 0 Å². The molecule has 0 aliphatic carbocycles. The second-order valence-electron chi connectivity index (χ2n) is 6.08. The second-order valence-corrected chi connectivity index (χ2v) is 8.07. The molecule has 1 aromatic rings. The fourth-order valence-electron chi connectivity index (χ4n) is 2.98. The third-order valence-electron chi connectivity index (χ3n) is 4.34. The van der Waals surface area contributed by atoms with Crippen molar-refractivity contribution in [3.8, 4) is 11.5 Å². The molecule has 0 aromatic heterocycles. The predicted octanol–water partition coefficient (Wildman–Crippen LogP) is 0.842. The smallest absolute Gasteiger partial charge is 0.231 e. The van der Waals surface area contributed by atoms with Crippen LogP contribution in [0.4, 0.5) is 0 Å². The number of hydrogen-bond donors (Lipinski definition) is 0. The van der Waals surface area contributed by atoms with Gasteiger partial charge in [0.1, 0.15) is 0 Å². The SMILES string of the molecule is CS(=O)(=O)N1CCCN(C(=O)CCc2ccc3c(c2)OCO3)CC1. The van der Waals surface area contributed by atoms with Crippen LogP contribution in [0.25, 0.3) is 0 Å². The topological polar surface area (TPSA) is 76.2 Å². The van der Waals surface area contributed by atoms with E-state index in [4.69, 9.17) is 9.47 Å². The van der Waals surface area contributed by atoms with Crippen molar-refractivity contribution in [1.29, 1.82) is 0 Å². The molecule has 7 nitrogen and oxygen atoms in total. The third-order valence-corrected chi connectivity index (χ3v) is 5.64. The Morgan fingerprint density at radius 3 is 2.71 bits per heavy atom. The van der Waals surface area contributed by atoms with Gasteiger partial charge in [-0.25, -0.2) is 12.7 Å². The van der Waals surface area contributed by atoms with Crippen LogP contribution in [-0.4, -0.2) is 62.8 Å². The van der Waals surface area contributed by atoms with Gasteiger partial charge < -0.3 is 14.4 Å². The van der Waals surface area contributed by atoms with Crippen molar-refractivity contribution in [2.75, 3.05) is 39.2 Å². The van der Waals surface area contributed by atoms with Crippen LogP contribution >= 0.6 is 0 Å². The van der Waals surface area contributed by atoms with Gasteiger partial charge in [0.2, 0.25) is 22.7 Å². The molecule has 132 valence electrons. The molecule has 1 fully saturated rings. The molecule has 2 aliphatic rings. The van der Waals surface area contributed by atoms with E-state index in [0.717, 1.165) is 17.1 Å². The Balaban J connectivity index is 1.53. The van der Waals surface area contributed by atoms with Gasteiger partial charge in [0.05, 0.1) is 6.26 Å². The van der Waals surface area contributed by atoms with Gasteiger partial charge in [0.25, 0.3) is 0 Å². The first-order valence-electron chi connectivity index (χ1n) is 8.05. The second kappa shape index (κ2) is 6.98. The minimum atomic E-state index is -3.19. The lowest BCUT2D eigenvalue weighted by atomic mass is 10.1. The van der Waals surface area contributed by atoms with Gasteiger partial charge in [-0.2, -0.15) is 0 Å². The van der Waals surface area contributed by atoms with Crippen LogP contribution in [0.5, 0.6) is 11.5 Å². The molecule has 3 rings (SSSR count).